The first-order valence-corrected chi connectivity index (χ1v) is 5.69. The lowest BCUT2D eigenvalue weighted by Gasteiger charge is -2.41. The second-order valence-corrected chi connectivity index (χ2v) is 4.39. The SMILES string of the molecule is CCC1(n2nnnc2C(C)NC)CCC1. The van der Waals surface area contributed by atoms with Crippen molar-refractivity contribution in [3.63, 3.8) is 0 Å². The van der Waals surface area contributed by atoms with Crippen LogP contribution >= 0.6 is 0 Å². The summed E-state index contributed by atoms with van der Waals surface area (Å²) in [7, 11) is 1.93. The van der Waals surface area contributed by atoms with Gasteiger partial charge in [0.1, 0.15) is 0 Å². The van der Waals surface area contributed by atoms with Crippen LogP contribution in [0.15, 0.2) is 0 Å². The van der Waals surface area contributed by atoms with Crippen LogP contribution in [-0.4, -0.2) is 27.3 Å². The van der Waals surface area contributed by atoms with Crippen LogP contribution in [0.3, 0.4) is 0 Å². The van der Waals surface area contributed by atoms with Gasteiger partial charge in [-0.2, -0.15) is 0 Å². The Kier molecular flexibility index (Phi) is 2.73. The number of nitrogens with zero attached hydrogens (tertiary/aromatic N) is 4. The third-order valence-electron chi connectivity index (χ3n) is 3.71. The summed E-state index contributed by atoms with van der Waals surface area (Å²) in [6.07, 6.45) is 4.82. The molecule has 0 aliphatic heterocycles. The zero-order valence-corrected chi connectivity index (χ0v) is 9.69. The molecule has 0 aromatic carbocycles. The van der Waals surface area contributed by atoms with Gasteiger partial charge in [-0.05, 0) is 50.1 Å². The van der Waals surface area contributed by atoms with E-state index in [1.165, 1.54) is 19.3 Å². The largest absolute Gasteiger partial charge is 0.311 e. The Morgan fingerprint density at radius 2 is 2.27 bits per heavy atom. The van der Waals surface area contributed by atoms with Crippen molar-refractivity contribution in [3.8, 4) is 0 Å². The summed E-state index contributed by atoms with van der Waals surface area (Å²) < 4.78 is 2.04. The fourth-order valence-electron chi connectivity index (χ4n) is 2.23. The summed E-state index contributed by atoms with van der Waals surface area (Å²) in [4.78, 5) is 0. The normalized spacial score (nSPS) is 21.0. The predicted molar refractivity (Wildman–Crippen MR) is 57.4 cm³/mol. The monoisotopic (exact) mass is 209 g/mol. The molecule has 1 heterocycles. The van der Waals surface area contributed by atoms with Gasteiger partial charge >= 0.3 is 0 Å². The summed E-state index contributed by atoms with van der Waals surface area (Å²) in [6, 6.07) is 0.212. The van der Waals surface area contributed by atoms with Gasteiger partial charge in [0.2, 0.25) is 0 Å². The first-order chi connectivity index (χ1) is 7.23. The zero-order valence-electron chi connectivity index (χ0n) is 9.69. The van der Waals surface area contributed by atoms with Crippen LogP contribution in [0.5, 0.6) is 0 Å². The summed E-state index contributed by atoms with van der Waals surface area (Å²) in [5.41, 5.74) is 0.198. The minimum Gasteiger partial charge on any atom is -0.311 e. The predicted octanol–water partition coefficient (Wildman–Crippen LogP) is 1.24. The molecular formula is C10H19N5. The molecule has 0 radical (unpaired) electrons. The lowest BCUT2D eigenvalue weighted by molar-refractivity contribution is 0.109. The Labute approximate surface area is 90.2 Å². The molecule has 1 N–H and O–H groups in total. The van der Waals surface area contributed by atoms with Crippen LogP contribution in [0.2, 0.25) is 0 Å². The molecule has 1 unspecified atom stereocenters. The van der Waals surface area contributed by atoms with Gasteiger partial charge in [0.15, 0.2) is 5.82 Å². The van der Waals surface area contributed by atoms with Gasteiger partial charge < -0.3 is 5.32 Å². The van der Waals surface area contributed by atoms with Crippen molar-refractivity contribution in [2.75, 3.05) is 7.05 Å². The van der Waals surface area contributed by atoms with Crippen LogP contribution in [0.1, 0.15) is 51.4 Å². The van der Waals surface area contributed by atoms with Gasteiger partial charge in [0.25, 0.3) is 0 Å². The Balaban J connectivity index is 2.31. The van der Waals surface area contributed by atoms with E-state index in [1.807, 2.05) is 11.7 Å². The van der Waals surface area contributed by atoms with Gasteiger partial charge in [-0.3, -0.25) is 0 Å². The minimum absolute atomic E-state index is 0.198. The molecule has 84 valence electrons. The van der Waals surface area contributed by atoms with Gasteiger partial charge in [0, 0.05) is 0 Å². The topological polar surface area (TPSA) is 55.6 Å². The lowest BCUT2D eigenvalue weighted by atomic mass is 9.75. The van der Waals surface area contributed by atoms with E-state index in [0.717, 1.165) is 12.2 Å². The van der Waals surface area contributed by atoms with Crippen LogP contribution in [-0.2, 0) is 5.54 Å². The van der Waals surface area contributed by atoms with Gasteiger partial charge in [-0.15, -0.1) is 5.10 Å². The van der Waals surface area contributed by atoms with Gasteiger partial charge in [0.05, 0.1) is 11.6 Å². The Morgan fingerprint density at radius 1 is 1.53 bits per heavy atom. The average molecular weight is 209 g/mol. The number of hydrogen-bond acceptors (Lipinski definition) is 4. The molecule has 0 amide bonds. The first-order valence-electron chi connectivity index (χ1n) is 5.69. The maximum atomic E-state index is 4.17. The maximum Gasteiger partial charge on any atom is 0.168 e. The average Bonchev–Trinajstić information content (AvgIpc) is 2.65. The second kappa shape index (κ2) is 3.89. The molecule has 5 heteroatoms. The summed E-state index contributed by atoms with van der Waals surface area (Å²) in [6.45, 7) is 4.30. The molecule has 2 rings (SSSR count). The fraction of sp³-hybridized carbons (Fsp3) is 0.900. The highest BCUT2D eigenvalue weighted by molar-refractivity contribution is 5.00. The van der Waals surface area contributed by atoms with Gasteiger partial charge in [-0.1, -0.05) is 6.92 Å². The number of hydrogen-bond donors (Lipinski definition) is 1. The summed E-state index contributed by atoms with van der Waals surface area (Å²) >= 11 is 0. The third kappa shape index (κ3) is 1.55. The fourth-order valence-corrected chi connectivity index (χ4v) is 2.23. The van der Waals surface area contributed by atoms with Crippen molar-refractivity contribution in [2.45, 2.75) is 51.1 Å². The standard InChI is InChI=1S/C10H19N5/c1-4-10(6-5-7-10)15-9(8(2)11-3)12-13-14-15/h8,11H,4-7H2,1-3H3. The molecular weight excluding hydrogens is 190 g/mol. The quantitative estimate of drug-likeness (QED) is 0.810. The molecule has 1 fully saturated rings. The number of nitrogens with one attached hydrogen (secondary N) is 1. The molecule has 1 aliphatic carbocycles. The number of tetrazole rings is 1. The van der Waals surface area contributed by atoms with Crippen LogP contribution in [0.25, 0.3) is 0 Å². The van der Waals surface area contributed by atoms with Crippen molar-refractivity contribution >= 4 is 0 Å². The Hall–Kier alpha value is -0.970. The highest BCUT2D eigenvalue weighted by Crippen LogP contribution is 2.42. The number of rotatable bonds is 4. The van der Waals surface area contributed by atoms with Gasteiger partial charge in [-0.25, -0.2) is 4.68 Å². The molecule has 0 saturated heterocycles. The van der Waals surface area contributed by atoms with E-state index in [9.17, 15) is 0 Å². The van der Waals surface area contributed by atoms with Crippen molar-refractivity contribution < 1.29 is 0 Å². The summed E-state index contributed by atoms with van der Waals surface area (Å²) in [5.74, 6) is 0.957. The smallest absolute Gasteiger partial charge is 0.168 e. The van der Waals surface area contributed by atoms with E-state index >= 15 is 0 Å². The molecule has 1 aliphatic rings. The van der Waals surface area contributed by atoms with Crippen molar-refractivity contribution in [2.24, 2.45) is 0 Å². The van der Waals surface area contributed by atoms with Crippen LogP contribution in [0.4, 0.5) is 0 Å². The molecule has 1 saturated carbocycles. The lowest BCUT2D eigenvalue weighted by Crippen LogP contribution is -2.42. The van der Waals surface area contributed by atoms with E-state index in [4.69, 9.17) is 0 Å². The molecule has 1 atom stereocenters. The second-order valence-electron chi connectivity index (χ2n) is 4.39. The highest BCUT2D eigenvalue weighted by Gasteiger charge is 2.40. The molecule has 0 spiro atoms. The minimum atomic E-state index is 0.198. The molecule has 5 nitrogen and oxygen atoms in total. The van der Waals surface area contributed by atoms with Crippen LogP contribution in [0, 0.1) is 0 Å². The third-order valence-corrected chi connectivity index (χ3v) is 3.71. The number of aromatic nitrogens is 4. The molecule has 1 aromatic rings. The molecule has 15 heavy (non-hydrogen) atoms. The van der Waals surface area contributed by atoms with Crippen LogP contribution < -0.4 is 5.32 Å². The Bertz CT molecular complexity index is 323. The van der Waals surface area contributed by atoms with E-state index in [0.29, 0.717) is 0 Å². The van der Waals surface area contributed by atoms with Crippen molar-refractivity contribution in [3.05, 3.63) is 5.82 Å². The summed E-state index contributed by atoms with van der Waals surface area (Å²) in [5, 5.41) is 15.3. The Morgan fingerprint density at radius 3 is 2.73 bits per heavy atom. The zero-order chi connectivity index (χ0) is 10.9. The molecule has 0 bridgehead atoms. The molecule has 1 aromatic heterocycles. The van der Waals surface area contributed by atoms with Crippen molar-refractivity contribution in [1.29, 1.82) is 0 Å². The van der Waals surface area contributed by atoms with E-state index < -0.39 is 0 Å². The highest BCUT2D eigenvalue weighted by atomic mass is 15.6. The first kappa shape index (κ1) is 10.5. The van der Waals surface area contributed by atoms with Crippen molar-refractivity contribution in [1.82, 2.24) is 25.5 Å². The van der Waals surface area contributed by atoms with E-state index in [-0.39, 0.29) is 11.6 Å². The van der Waals surface area contributed by atoms with E-state index in [1.54, 1.807) is 0 Å². The van der Waals surface area contributed by atoms with E-state index in [2.05, 4.69) is 34.7 Å². The maximum absolute atomic E-state index is 4.17.